The second-order valence-corrected chi connectivity index (χ2v) is 8.53. The Morgan fingerprint density at radius 1 is 1.00 bits per heavy atom. The smallest absolute Gasteiger partial charge is 0.407 e. The van der Waals surface area contributed by atoms with E-state index in [9.17, 15) is 14.4 Å². The Labute approximate surface area is 184 Å². The predicted molar refractivity (Wildman–Crippen MR) is 119 cm³/mol. The maximum atomic E-state index is 12.2. The standard InChI is InChI=1S/C22H26BrN3O4/c1-22(2,3)30-21(29)24-12-11-19(27)26-18-6-4-5-15(13-18)14-25-20(28)16-7-9-17(23)10-8-16/h4-10,13H,11-12,14H2,1-3H3,(H,24,29)(H,25,28)(H,26,27). The summed E-state index contributed by atoms with van der Waals surface area (Å²) in [4.78, 5) is 35.9. The van der Waals surface area contributed by atoms with Gasteiger partial charge in [-0.15, -0.1) is 0 Å². The number of nitrogens with one attached hydrogen (secondary N) is 3. The van der Waals surface area contributed by atoms with Gasteiger partial charge in [0.15, 0.2) is 0 Å². The molecule has 0 aliphatic carbocycles. The third-order valence-corrected chi connectivity index (χ3v) is 4.32. The first-order valence-electron chi connectivity index (χ1n) is 9.52. The number of rotatable bonds is 7. The number of benzene rings is 2. The lowest BCUT2D eigenvalue weighted by atomic mass is 10.1. The van der Waals surface area contributed by atoms with Crippen LogP contribution < -0.4 is 16.0 Å². The van der Waals surface area contributed by atoms with E-state index in [1.807, 2.05) is 18.2 Å². The van der Waals surface area contributed by atoms with Crippen molar-refractivity contribution >= 4 is 39.5 Å². The molecular formula is C22H26BrN3O4. The van der Waals surface area contributed by atoms with E-state index in [-0.39, 0.29) is 24.8 Å². The van der Waals surface area contributed by atoms with Crippen molar-refractivity contribution in [3.8, 4) is 0 Å². The van der Waals surface area contributed by atoms with Crippen LogP contribution in [0, 0.1) is 0 Å². The van der Waals surface area contributed by atoms with Crippen LogP contribution in [-0.4, -0.2) is 30.1 Å². The van der Waals surface area contributed by atoms with E-state index < -0.39 is 11.7 Å². The molecule has 0 spiro atoms. The van der Waals surface area contributed by atoms with Gasteiger partial charge < -0.3 is 20.7 Å². The van der Waals surface area contributed by atoms with Crippen molar-refractivity contribution in [1.29, 1.82) is 0 Å². The first-order valence-corrected chi connectivity index (χ1v) is 10.3. The minimum absolute atomic E-state index is 0.115. The molecule has 160 valence electrons. The molecule has 0 heterocycles. The third kappa shape index (κ3) is 8.65. The second kappa shape index (κ2) is 10.8. The largest absolute Gasteiger partial charge is 0.444 e. The molecule has 3 amide bonds. The highest BCUT2D eigenvalue weighted by Crippen LogP contribution is 2.13. The summed E-state index contributed by atoms with van der Waals surface area (Å²) >= 11 is 3.34. The maximum absolute atomic E-state index is 12.2. The molecule has 0 fully saturated rings. The molecule has 30 heavy (non-hydrogen) atoms. The molecule has 0 aliphatic rings. The number of halogens is 1. The number of hydrogen-bond donors (Lipinski definition) is 3. The summed E-state index contributed by atoms with van der Waals surface area (Å²) in [6, 6.07) is 14.3. The number of carbonyl (C=O) groups is 3. The van der Waals surface area contributed by atoms with Gasteiger partial charge in [0.05, 0.1) is 0 Å². The zero-order valence-corrected chi connectivity index (χ0v) is 18.8. The van der Waals surface area contributed by atoms with Gasteiger partial charge in [0.1, 0.15) is 5.60 Å². The fraction of sp³-hybridized carbons (Fsp3) is 0.318. The van der Waals surface area contributed by atoms with Crippen molar-refractivity contribution in [3.63, 3.8) is 0 Å². The van der Waals surface area contributed by atoms with Crippen molar-refractivity contribution in [2.24, 2.45) is 0 Å². The van der Waals surface area contributed by atoms with Crippen molar-refractivity contribution in [3.05, 3.63) is 64.1 Å². The van der Waals surface area contributed by atoms with Gasteiger partial charge in [-0.25, -0.2) is 4.79 Å². The third-order valence-electron chi connectivity index (χ3n) is 3.79. The van der Waals surface area contributed by atoms with E-state index in [0.29, 0.717) is 17.8 Å². The van der Waals surface area contributed by atoms with Gasteiger partial charge in [-0.3, -0.25) is 9.59 Å². The number of carbonyl (C=O) groups excluding carboxylic acids is 3. The van der Waals surface area contributed by atoms with E-state index in [4.69, 9.17) is 4.74 Å². The van der Waals surface area contributed by atoms with Gasteiger partial charge in [0.25, 0.3) is 5.91 Å². The predicted octanol–water partition coefficient (Wildman–Crippen LogP) is 4.23. The van der Waals surface area contributed by atoms with Crippen LogP contribution >= 0.6 is 15.9 Å². The van der Waals surface area contributed by atoms with E-state index in [1.165, 1.54) is 0 Å². The molecule has 0 radical (unpaired) electrons. The summed E-state index contributed by atoms with van der Waals surface area (Å²) in [5.74, 6) is -0.410. The van der Waals surface area contributed by atoms with Crippen molar-refractivity contribution in [2.45, 2.75) is 39.3 Å². The Morgan fingerprint density at radius 3 is 2.37 bits per heavy atom. The minimum atomic E-state index is -0.584. The quantitative estimate of drug-likeness (QED) is 0.557. The molecule has 0 bridgehead atoms. The fourth-order valence-corrected chi connectivity index (χ4v) is 2.72. The average molecular weight is 476 g/mol. The fourth-order valence-electron chi connectivity index (χ4n) is 2.46. The van der Waals surface area contributed by atoms with Gasteiger partial charge in [-0.05, 0) is 62.7 Å². The first-order chi connectivity index (χ1) is 14.1. The number of ether oxygens (including phenoxy) is 1. The Bertz CT molecular complexity index is 892. The van der Waals surface area contributed by atoms with Crippen LogP contribution in [0.25, 0.3) is 0 Å². The van der Waals surface area contributed by atoms with Crippen LogP contribution in [0.15, 0.2) is 53.0 Å². The van der Waals surface area contributed by atoms with Crippen molar-refractivity contribution < 1.29 is 19.1 Å². The Hall–Kier alpha value is -2.87. The Balaban J connectivity index is 1.79. The van der Waals surface area contributed by atoms with Crippen LogP contribution in [0.4, 0.5) is 10.5 Å². The van der Waals surface area contributed by atoms with E-state index >= 15 is 0 Å². The number of anilines is 1. The second-order valence-electron chi connectivity index (χ2n) is 7.62. The lowest BCUT2D eigenvalue weighted by Gasteiger charge is -2.19. The van der Waals surface area contributed by atoms with Crippen LogP contribution in [0.3, 0.4) is 0 Å². The topological polar surface area (TPSA) is 96.5 Å². The lowest BCUT2D eigenvalue weighted by molar-refractivity contribution is -0.116. The highest BCUT2D eigenvalue weighted by molar-refractivity contribution is 9.10. The van der Waals surface area contributed by atoms with E-state index in [2.05, 4.69) is 31.9 Å². The Morgan fingerprint density at radius 2 is 1.70 bits per heavy atom. The van der Waals surface area contributed by atoms with Crippen molar-refractivity contribution in [2.75, 3.05) is 11.9 Å². The van der Waals surface area contributed by atoms with Gasteiger partial charge in [0, 0.05) is 35.2 Å². The van der Waals surface area contributed by atoms with Crippen LogP contribution in [0.5, 0.6) is 0 Å². The highest BCUT2D eigenvalue weighted by atomic mass is 79.9. The average Bonchev–Trinajstić information content (AvgIpc) is 2.65. The summed E-state index contributed by atoms with van der Waals surface area (Å²) in [5, 5.41) is 8.18. The SMILES string of the molecule is CC(C)(C)OC(=O)NCCC(=O)Nc1cccc(CNC(=O)c2ccc(Br)cc2)c1. The molecule has 0 aliphatic heterocycles. The number of alkyl carbamates (subject to hydrolysis) is 1. The summed E-state index contributed by atoms with van der Waals surface area (Å²) in [6.45, 7) is 5.82. The molecular weight excluding hydrogens is 450 g/mol. The first kappa shape index (κ1) is 23.4. The molecule has 3 N–H and O–H groups in total. The van der Waals surface area contributed by atoms with Gasteiger partial charge >= 0.3 is 6.09 Å². The molecule has 8 heteroatoms. The maximum Gasteiger partial charge on any atom is 0.407 e. The van der Waals surface area contributed by atoms with Crippen LogP contribution in [0.1, 0.15) is 43.1 Å². The zero-order chi connectivity index (χ0) is 22.1. The van der Waals surface area contributed by atoms with Gasteiger partial charge in [0.2, 0.25) is 5.91 Å². The monoisotopic (exact) mass is 475 g/mol. The van der Waals surface area contributed by atoms with E-state index in [1.54, 1.807) is 51.1 Å². The normalized spacial score (nSPS) is 10.8. The number of hydrogen-bond acceptors (Lipinski definition) is 4. The molecule has 0 atom stereocenters. The van der Waals surface area contributed by atoms with E-state index in [0.717, 1.165) is 10.0 Å². The minimum Gasteiger partial charge on any atom is -0.444 e. The molecule has 0 saturated carbocycles. The van der Waals surface area contributed by atoms with Gasteiger partial charge in [-0.2, -0.15) is 0 Å². The van der Waals surface area contributed by atoms with Gasteiger partial charge in [-0.1, -0.05) is 28.1 Å². The Kier molecular flexibility index (Phi) is 8.41. The summed E-state index contributed by atoms with van der Waals surface area (Å²) in [7, 11) is 0. The summed E-state index contributed by atoms with van der Waals surface area (Å²) in [6.07, 6.45) is -0.442. The molecule has 2 aromatic carbocycles. The van der Waals surface area contributed by atoms with Crippen molar-refractivity contribution in [1.82, 2.24) is 10.6 Å². The summed E-state index contributed by atoms with van der Waals surface area (Å²) in [5.41, 5.74) is 1.46. The number of amides is 3. The molecule has 2 rings (SSSR count). The molecule has 0 unspecified atom stereocenters. The zero-order valence-electron chi connectivity index (χ0n) is 17.3. The highest BCUT2D eigenvalue weighted by Gasteiger charge is 2.16. The molecule has 0 aromatic heterocycles. The molecule has 7 nitrogen and oxygen atoms in total. The van der Waals surface area contributed by atoms with Crippen LogP contribution in [-0.2, 0) is 16.1 Å². The molecule has 0 saturated heterocycles. The molecule has 2 aromatic rings. The van der Waals surface area contributed by atoms with Crippen LogP contribution in [0.2, 0.25) is 0 Å². The summed E-state index contributed by atoms with van der Waals surface area (Å²) < 4.78 is 6.03. The lowest BCUT2D eigenvalue weighted by Crippen LogP contribution is -2.34.